The summed E-state index contributed by atoms with van der Waals surface area (Å²) in [7, 11) is 0. The van der Waals surface area contributed by atoms with Crippen LogP contribution in [0.15, 0.2) is 42.9 Å². The lowest BCUT2D eigenvalue weighted by Crippen LogP contribution is -2.52. The molecule has 1 aromatic carbocycles. The molecule has 2 atom stereocenters. The van der Waals surface area contributed by atoms with Crippen molar-refractivity contribution in [3.05, 3.63) is 54.2 Å². The van der Waals surface area contributed by atoms with Crippen LogP contribution in [0.25, 0.3) is 0 Å². The van der Waals surface area contributed by atoms with Crippen LogP contribution in [-0.4, -0.2) is 53.1 Å². The minimum atomic E-state index is -0.231. The summed E-state index contributed by atoms with van der Waals surface area (Å²) in [6, 6.07) is 6.66. The molecule has 130 valence electrons. The molecule has 1 aliphatic carbocycles. The Balaban J connectivity index is 1.27. The minimum Gasteiger partial charge on any atom is -0.352 e. The average molecular weight is 341 g/mol. The van der Waals surface area contributed by atoms with Crippen LogP contribution in [0.5, 0.6) is 0 Å². The summed E-state index contributed by atoms with van der Waals surface area (Å²) in [6.45, 7) is 2.82. The molecule has 2 fully saturated rings. The van der Waals surface area contributed by atoms with Gasteiger partial charge in [-0.05, 0) is 24.1 Å². The number of carbonyl (C=O) groups excluding carboxylic acids is 1. The third kappa shape index (κ3) is 3.55. The van der Waals surface area contributed by atoms with Crippen LogP contribution in [-0.2, 0) is 0 Å². The molecule has 25 heavy (non-hydrogen) atoms. The Labute approximate surface area is 145 Å². The molecule has 1 saturated carbocycles. The Morgan fingerprint density at radius 2 is 1.88 bits per heavy atom. The number of amides is 2. The van der Waals surface area contributed by atoms with Crippen LogP contribution in [0.1, 0.15) is 17.9 Å². The number of piperazine rings is 1. The second-order valence-electron chi connectivity index (χ2n) is 6.49. The molecule has 0 spiro atoms. The van der Waals surface area contributed by atoms with E-state index in [-0.39, 0.29) is 17.9 Å². The van der Waals surface area contributed by atoms with Gasteiger partial charge in [0.1, 0.15) is 11.6 Å². The first-order valence-electron chi connectivity index (χ1n) is 8.52. The molecule has 2 amide bonds. The molecule has 0 unspecified atom stereocenters. The zero-order valence-corrected chi connectivity index (χ0v) is 13.8. The predicted octanol–water partition coefficient (Wildman–Crippen LogP) is 2.00. The van der Waals surface area contributed by atoms with E-state index in [0.717, 1.165) is 30.9 Å². The third-order valence-corrected chi connectivity index (χ3v) is 4.84. The van der Waals surface area contributed by atoms with Crippen molar-refractivity contribution in [3.8, 4) is 0 Å². The Morgan fingerprint density at radius 3 is 2.56 bits per heavy atom. The number of rotatable bonds is 3. The number of nitrogens with zero attached hydrogens (tertiary/aromatic N) is 4. The van der Waals surface area contributed by atoms with Crippen LogP contribution >= 0.6 is 0 Å². The highest BCUT2D eigenvalue weighted by Gasteiger charge is 2.40. The van der Waals surface area contributed by atoms with Crippen molar-refractivity contribution < 1.29 is 9.18 Å². The standard InChI is InChI=1S/C18H20FN5O/c19-14-3-1-13(2-4-14)15-11-16(15)22-18(25)24-9-7-23(8-10-24)17-12-20-5-6-21-17/h1-6,12,15-16H,7-11H2,(H,22,25)/t15-,16+/m0/s1. The van der Waals surface area contributed by atoms with Gasteiger partial charge in [0.05, 0.1) is 6.20 Å². The van der Waals surface area contributed by atoms with Crippen molar-refractivity contribution in [2.24, 2.45) is 0 Å². The van der Waals surface area contributed by atoms with Gasteiger partial charge in [0, 0.05) is 50.5 Å². The van der Waals surface area contributed by atoms with Crippen molar-refractivity contribution in [3.63, 3.8) is 0 Å². The monoisotopic (exact) mass is 341 g/mol. The summed E-state index contributed by atoms with van der Waals surface area (Å²) < 4.78 is 13.0. The Morgan fingerprint density at radius 1 is 1.12 bits per heavy atom. The van der Waals surface area contributed by atoms with Crippen LogP contribution in [0, 0.1) is 5.82 Å². The highest BCUT2D eigenvalue weighted by molar-refractivity contribution is 5.75. The van der Waals surface area contributed by atoms with Crippen molar-refractivity contribution in [1.29, 1.82) is 0 Å². The molecule has 0 radical (unpaired) electrons. The first kappa shape index (κ1) is 15.8. The van der Waals surface area contributed by atoms with Gasteiger partial charge >= 0.3 is 6.03 Å². The van der Waals surface area contributed by atoms with E-state index in [1.807, 2.05) is 4.90 Å². The van der Waals surface area contributed by atoms with Crippen LogP contribution < -0.4 is 10.2 Å². The van der Waals surface area contributed by atoms with Crippen molar-refractivity contribution in [1.82, 2.24) is 20.2 Å². The number of nitrogens with one attached hydrogen (secondary N) is 1. The molecule has 1 aliphatic heterocycles. The van der Waals surface area contributed by atoms with Gasteiger partial charge in [-0.1, -0.05) is 12.1 Å². The zero-order valence-electron chi connectivity index (χ0n) is 13.8. The SMILES string of the molecule is O=C(N[C@@H]1C[C@H]1c1ccc(F)cc1)N1CCN(c2cnccn2)CC1. The lowest BCUT2D eigenvalue weighted by atomic mass is 10.1. The van der Waals surface area contributed by atoms with E-state index >= 15 is 0 Å². The Kier molecular flexibility index (Phi) is 4.21. The summed E-state index contributed by atoms with van der Waals surface area (Å²) in [6.07, 6.45) is 5.99. The van der Waals surface area contributed by atoms with E-state index in [1.165, 1.54) is 12.1 Å². The summed E-state index contributed by atoms with van der Waals surface area (Å²) in [4.78, 5) is 24.8. The molecule has 2 aliphatic rings. The molecular weight excluding hydrogens is 321 g/mol. The molecule has 1 N–H and O–H groups in total. The number of hydrogen-bond donors (Lipinski definition) is 1. The fourth-order valence-electron chi connectivity index (χ4n) is 3.28. The summed E-state index contributed by atoms with van der Waals surface area (Å²) in [5.74, 6) is 0.914. The maximum atomic E-state index is 13.0. The predicted molar refractivity (Wildman–Crippen MR) is 91.9 cm³/mol. The van der Waals surface area contributed by atoms with Gasteiger partial charge in [0.25, 0.3) is 0 Å². The quantitative estimate of drug-likeness (QED) is 0.928. The second-order valence-corrected chi connectivity index (χ2v) is 6.49. The largest absolute Gasteiger partial charge is 0.352 e. The summed E-state index contributed by atoms with van der Waals surface area (Å²) in [5.41, 5.74) is 1.08. The number of benzene rings is 1. The lowest BCUT2D eigenvalue weighted by Gasteiger charge is -2.35. The van der Waals surface area contributed by atoms with Gasteiger partial charge < -0.3 is 15.1 Å². The van der Waals surface area contributed by atoms with Crippen molar-refractivity contribution in [2.75, 3.05) is 31.1 Å². The number of aromatic nitrogens is 2. The number of carbonyl (C=O) groups is 1. The lowest BCUT2D eigenvalue weighted by molar-refractivity contribution is 0.193. The van der Waals surface area contributed by atoms with Crippen molar-refractivity contribution in [2.45, 2.75) is 18.4 Å². The third-order valence-electron chi connectivity index (χ3n) is 4.84. The molecule has 0 bridgehead atoms. The maximum Gasteiger partial charge on any atom is 0.317 e. The maximum absolute atomic E-state index is 13.0. The fourth-order valence-corrected chi connectivity index (χ4v) is 3.28. The second kappa shape index (κ2) is 6.66. The van der Waals surface area contributed by atoms with Gasteiger partial charge in [0.2, 0.25) is 0 Å². The fraction of sp³-hybridized carbons (Fsp3) is 0.389. The van der Waals surface area contributed by atoms with E-state index in [9.17, 15) is 9.18 Å². The van der Waals surface area contributed by atoms with Gasteiger partial charge in [-0.2, -0.15) is 0 Å². The van der Waals surface area contributed by atoms with Crippen LogP contribution in [0.3, 0.4) is 0 Å². The number of urea groups is 1. The number of anilines is 1. The Hall–Kier alpha value is -2.70. The molecule has 2 aromatic rings. The van der Waals surface area contributed by atoms with E-state index in [4.69, 9.17) is 0 Å². The van der Waals surface area contributed by atoms with Crippen molar-refractivity contribution >= 4 is 11.8 Å². The summed E-state index contributed by atoms with van der Waals surface area (Å²) in [5, 5.41) is 3.09. The molecule has 1 aromatic heterocycles. The van der Waals surface area contributed by atoms with E-state index < -0.39 is 0 Å². The van der Waals surface area contributed by atoms with E-state index in [1.54, 1.807) is 30.7 Å². The van der Waals surface area contributed by atoms with E-state index in [2.05, 4.69) is 20.2 Å². The van der Waals surface area contributed by atoms with E-state index in [0.29, 0.717) is 19.0 Å². The molecule has 7 heteroatoms. The van der Waals surface area contributed by atoms with Gasteiger partial charge in [-0.15, -0.1) is 0 Å². The average Bonchev–Trinajstić information content (AvgIpc) is 3.42. The first-order chi connectivity index (χ1) is 12.2. The van der Waals surface area contributed by atoms with Gasteiger partial charge in [-0.25, -0.2) is 14.2 Å². The highest BCUT2D eigenvalue weighted by Crippen LogP contribution is 2.40. The first-order valence-corrected chi connectivity index (χ1v) is 8.52. The Bertz CT molecular complexity index is 731. The molecule has 6 nitrogen and oxygen atoms in total. The van der Waals surface area contributed by atoms with Gasteiger partial charge in [0.15, 0.2) is 0 Å². The summed E-state index contributed by atoms with van der Waals surface area (Å²) >= 11 is 0. The molecule has 1 saturated heterocycles. The van der Waals surface area contributed by atoms with Gasteiger partial charge in [-0.3, -0.25) is 4.98 Å². The topological polar surface area (TPSA) is 61.4 Å². The zero-order chi connectivity index (χ0) is 17.2. The molecule has 4 rings (SSSR count). The number of halogens is 1. The number of hydrogen-bond acceptors (Lipinski definition) is 4. The smallest absolute Gasteiger partial charge is 0.317 e. The van der Waals surface area contributed by atoms with Crippen LogP contribution in [0.2, 0.25) is 0 Å². The molecular formula is C18H20FN5O. The minimum absolute atomic E-state index is 0.0200. The molecule has 2 heterocycles. The highest BCUT2D eigenvalue weighted by atomic mass is 19.1. The normalized spacial score (nSPS) is 22.6. The van der Waals surface area contributed by atoms with Crippen LogP contribution in [0.4, 0.5) is 15.0 Å².